The van der Waals surface area contributed by atoms with Crippen LogP contribution in [-0.2, 0) is 17.9 Å². The third-order valence-electron chi connectivity index (χ3n) is 5.32. The molecule has 0 aromatic heterocycles. The Morgan fingerprint density at radius 1 is 0.969 bits per heavy atom. The van der Waals surface area contributed by atoms with Crippen molar-refractivity contribution in [3.05, 3.63) is 65.2 Å². The first-order chi connectivity index (χ1) is 15.0. The quantitative estimate of drug-likeness (QED) is 0.329. The molecule has 0 aliphatic carbocycles. The Bertz CT molecular complexity index is 926. The number of piperidine rings is 1. The zero-order valence-corrected chi connectivity index (χ0v) is 21.3. The van der Waals surface area contributed by atoms with Gasteiger partial charge in [0.2, 0.25) is 5.91 Å². The van der Waals surface area contributed by atoms with Gasteiger partial charge >= 0.3 is 0 Å². The van der Waals surface area contributed by atoms with Crippen LogP contribution in [0.2, 0.25) is 0 Å². The van der Waals surface area contributed by atoms with Gasteiger partial charge in [-0.1, -0.05) is 24.3 Å². The number of nitrogens with zero attached hydrogens (tertiary/aromatic N) is 3. The van der Waals surface area contributed by atoms with Gasteiger partial charge in [0, 0.05) is 58.4 Å². The maximum Gasteiger partial charge on any atom is 0.253 e. The molecule has 2 aromatic carbocycles. The number of hydrogen-bond donors (Lipinski definition) is 2. The van der Waals surface area contributed by atoms with Crippen LogP contribution in [0.5, 0.6) is 0 Å². The van der Waals surface area contributed by atoms with Crippen molar-refractivity contribution in [2.45, 2.75) is 32.4 Å². The molecular formula is C24H32IN5O2. The second-order valence-electron chi connectivity index (χ2n) is 7.84. The molecular weight excluding hydrogens is 517 g/mol. The molecule has 1 aliphatic rings. The SMILES string of the molecule is CN=C(NCc1ccc(C(=O)N(C)C)cc1)NCc1ccc(N2CCCCC2=O)cc1.I. The molecule has 2 aromatic rings. The van der Waals surface area contributed by atoms with Gasteiger partial charge < -0.3 is 20.4 Å². The Kier molecular flexibility index (Phi) is 9.96. The maximum atomic E-state index is 12.1. The number of rotatable bonds is 6. The van der Waals surface area contributed by atoms with Crippen molar-refractivity contribution < 1.29 is 9.59 Å². The van der Waals surface area contributed by atoms with E-state index in [0.29, 0.717) is 31.0 Å². The zero-order valence-electron chi connectivity index (χ0n) is 18.9. The summed E-state index contributed by atoms with van der Waals surface area (Å²) in [4.78, 5) is 31.8. The van der Waals surface area contributed by atoms with Gasteiger partial charge in [-0.2, -0.15) is 0 Å². The van der Waals surface area contributed by atoms with Gasteiger partial charge in [-0.3, -0.25) is 14.6 Å². The second kappa shape index (κ2) is 12.4. The monoisotopic (exact) mass is 549 g/mol. The molecule has 0 saturated carbocycles. The fraction of sp³-hybridized carbons (Fsp3) is 0.375. The van der Waals surface area contributed by atoms with Crippen molar-refractivity contribution in [3.8, 4) is 0 Å². The minimum Gasteiger partial charge on any atom is -0.352 e. The molecule has 0 spiro atoms. The van der Waals surface area contributed by atoms with Crippen molar-refractivity contribution >= 4 is 47.4 Å². The van der Waals surface area contributed by atoms with Gasteiger partial charge in [-0.25, -0.2) is 0 Å². The molecule has 7 nitrogen and oxygen atoms in total. The molecule has 0 atom stereocenters. The Balaban J connectivity index is 0.00000363. The van der Waals surface area contributed by atoms with Crippen LogP contribution >= 0.6 is 24.0 Å². The summed E-state index contributed by atoms with van der Waals surface area (Å²) in [5.41, 5.74) is 3.81. The third-order valence-corrected chi connectivity index (χ3v) is 5.32. The zero-order chi connectivity index (χ0) is 22.2. The normalized spacial score (nSPS) is 13.9. The van der Waals surface area contributed by atoms with Crippen LogP contribution in [0.4, 0.5) is 5.69 Å². The molecule has 1 aliphatic heterocycles. The predicted octanol–water partition coefficient (Wildman–Crippen LogP) is 3.39. The number of benzene rings is 2. The largest absolute Gasteiger partial charge is 0.352 e. The molecule has 1 heterocycles. The summed E-state index contributed by atoms with van der Waals surface area (Å²) in [5, 5.41) is 6.59. The lowest BCUT2D eigenvalue weighted by Crippen LogP contribution is -2.36. The van der Waals surface area contributed by atoms with E-state index in [9.17, 15) is 9.59 Å². The highest BCUT2D eigenvalue weighted by atomic mass is 127. The van der Waals surface area contributed by atoms with Crippen molar-refractivity contribution in [1.82, 2.24) is 15.5 Å². The number of halogens is 1. The molecule has 8 heteroatoms. The Labute approximate surface area is 207 Å². The van der Waals surface area contributed by atoms with Gasteiger partial charge in [-0.05, 0) is 48.2 Å². The summed E-state index contributed by atoms with van der Waals surface area (Å²) >= 11 is 0. The molecule has 1 saturated heterocycles. The highest BCUT2D eigenvalue weighted by Gasteiger charge is 2.19. The highest BCUT2D eigenvalue weighted by Crippen LogP contribution is 2.21. The van der Waals surface area contributed by atoms with E-state index in [1.807, 2.05) is 53.4 Å². The van der Waals surface area contributed by atoms with E-state index in [0.717, 1.165) is 36.2 Å². The minimum absolute atomic E-state index is 0. The van der Waals surface area contributed by atoms with Gasteiger partial charge in [0.1, 0.15) is 0 Å². The van der Waals surface area contributed by atoms with Gasteiger partial charge in [-0.15, -0.1) is 24.0 Å². The molecule has 172 valence electrons. The molecule has 32 heavy (non-hydrogen) atoms. The fourth-order valence-electron chi connectivity index (χ4n) is 3.49. The number of guanidine groups is 1. The van der Waals surface area contributed by atoms with Crippen LogP contribution in [0.1, 0.15) is 40.7 Å². The lowest BCUT2D eigenvalue weighted by molar-refractivity contribution is -0.119. The van der Waals surface area contributed by atoms with E-state index in [1.165, 1.54) is 0 Å². The molecule has 2 amide bonds. The van der Waals surface area contributed by atoms with Crippen LogP contribution in [0.15, 0.2) is 53.5 Å². The smallest absolute Gasteiger partial charge is 0.253 e. The molecule has 3 rings (SSSR count). The van der Waals surface area contributed by atoms with Crippen LogP contribution in [0, 0.1) is 0 Å². The average Bonchev–Trinajstić information content (AvgIpc) is 2.80. The Hall–Kier alpha value is -2.62. The standard InChI is InChI=1S/C24H31N5O2.HI/c1-25-24(26-16-18-7-11-20(12-8-18)23(31)28(2)3)27-17-19-9-13-21(14-10-19)29-15-5-4-6-22(29)30;/h7-14H,4-6,15-17H2,1-3H3,(H2,25,26,27);1H. The molecule has 2 N–H and O–H groups in total. The summed E-state index contributed by atoms with van der Waals surface area (Å²) in [7, 11) is 5.22. The van der Waals surface area contributed by atoms with Gasteiger partial charge in [0.25, 0.3) is 5.91 Å². The first-order valence-corrected chi connectivity index (χ1v) is 10.6. The summed E-state index contributed by atoms with van der Waals surface area (Å²) in [5.74, 6) is 0.900. The third kappa shape index (κ3) is 6.94. The van der Waals surface area contributed by atoms with Crippen LogP contribution in [0.25, 0.3) is 0 Å². The summed E-state index contributed by atoms with van der Waals surface area (Å²) in [6.07, 6.45) is 2.69. The lowest BCUT2D eigenvalue weighted by atomic mass is 10.1. The van der Waals surface area contributed by atoms with E-state index < -0.39 is 0 Å². The van der Waals surface area contributed by atoms with E-state index in [2.05, 4.69) is 15.6 Å². The van der Waals surface area contributed by atoms with Crippen LogP contribution < -0.4 is 15.5 Å². The van der Waals surface area contributed by atoms with Crippen molar-refractivity contribution in [2.75, 3.05) is 32.6 Å². The van der Waals surface area contributed by atoms with E-state index in [4.69, 9.17) is 0 Å². The number of anilines is 1. The first kappa shape index (κ1) is 25.6. The maximum absolute atomic E-state index is 12.1. The number of amides is 2. The molecule has 1 fully saturated rings. The molecule has 0 radical (unpaired) electrons. The number of carbonyl (C=O) groups excluding carboxylic acids is 2. The van der Waals surface area contributed by atoms with Crippen LogP contribution in [0.3, 0.4) is 0 Å². The summed E-state index contributed by atoms with van der Waals surface area (Å²) < 4.78 is 0. The van der Waals surface area contributed by atoms with Crippen LogP contribution in [-0.4, -0.2) is 50.4 Å². The van der Waals surface area contributed by atoms with Crippen molar-refractivity contribution in [1.29, 1.82) is 0 Å². The van der Waals surface area contributed by atoms with Gasteiger partial charge in [0.05, 0.1) is 0 Å². The summed E-state index contributed by atoms with van der Waals surface area (Å²) in [6, 6.07) is 15.7. The number of nitrogens with one attached hydrogen (secondary N) is 2. The topological polar surface area (TPSA) is 77.0 Å². The number of aliphatic imine (C=N–C) groups is 1. The Morgan fingerprint density at radius 2 is 1.53 bits per heavy atom. The average molecular weight is 549 g/mol. The van der Waals surface area contributed by atoms with Crippen molar-refractivity contribution in [2.24, 2.45) is 4.99 Å². The number of carbonyl (C=O) groups is 2. The first-order valence-electron chi connectivity index (χ1n) is 10.6. The van der Waals surface area contributed by atoms with Gasteiger partial charge in [0.15, 0.2) is 5.96 Å². The van der Waals surface area contributed by atoms with E-state index in [1.54, 1.807) is 26.0 Å². The predicted molar refractivity (Wildman–Crippen MR) is 140 cm³/mol. The summed E-state index contributed by atoms with van der Waals surface area (Å²) in [6.45, 7) is 2.04. The molecule has 0 bridgehead atoms. The number of hydrogen-bond acceptors (Lipinski definition) is 3. The Morgan fingerprint density at radius 3 is 2.03 bits per heavy atom. The minimum atomic E-state index is -0.00680. The van der Waals surface area contributed by atoms with E-state index >= 15 is 0 Å². The second-order valence-corrected chi connectivity index (χ2v) is 7.84. The fourth-order valence-corrected chi connectivity index (χ4v) is 3.49. The van der Waals surface area contributed by atoms with Crippen molar-refractivity contribution in [3.63, 3.8) is 0 Å². The lowest BCUT2D eigenvalue weighted by Gasteiger charge is -2.26. The molecule has 0 unspecified atom stereocenters. The highest BCUT2D eigenvalue weighted by molar-refractivity contribution is 14.0. The van der Waals surface area contributed by atoms with E-state index in [-0.39, 0.29) is 35.8 Å².